The predicted octanol–water partition coefficient (Wildman–Crippen LogP) is 3.85. The molecule has 0 radical (unpaired) electrons. The zero-order valence-electron chi connectivity index (χ0n) is 20.0. The third-order valence-electron chi connectivity index (χ3n) is 7.33. The Hall–Kier alpha value is -1.76. The second-order valence-corrected chi connectivity index (χ2v) is 10.2. The van der Waals surface area contributed by atoms with Crippen LogP contribution in [0.4, 0.5) is 0 Å². The summed E-state index contributed by atoms with van der Waals surface area (Å²) in [5.74, 6) is 2.47. The molecular formula is C25H42N6. The molecule has 31 heavy (non-hydrogen) atoms. The number of likely N-dealkylation sites (tertiary alicyclic amines) is 2. The molecule has 3 heterocycles. The van der Waals surface area contributed by atoms with Crippen LogP contribution in [-0.4, -0.2) is 84.5 Å². The van der Waals surface area contributed by atoms with Gasteiger partial charge in [-0.3, -0.25) is 0 Å². The Morgan fingerprint density at radius 2 is 1.61 bits per heavy atom. The van der Waals surface area contributed by atoms with Gasteiger partial charge in [-0.25, -0.2) is 10.1 Å². The smallest absolute Gasteiger partial charge is 0.300 e. The van der Waals surface area contributed by atoms with Crippen molar-refractivity contribution < 1.29 is 0 Å². The van der Waals surface area contributed by atoms with Gasteiger partial charge in [0.1, 0.15) is 5.82 Å². The minimum Gasteiger partial charge on any atom is -0.365 e. The number of rotatable bonds is 8. The fraction of sp³-hybridized carbons (Fsp3) is 0.840. The van der Waals surface area contributed by atoms with Crippen molar-refractivity contribution in [1.29, 1.82) is 5.26 Å². The van der Waals surface area contributed by atoms with Gasteiger partial charge >= 0.3 is 5.70 Å². The van der Waals surface area contributed by atoms with Gasteiger partial charge in [-0.05, 0) is 64.0 Å². The molecule has 0 amide bonds. The van der Waals surface area contributed by atoms with Crippen LogP contribution < -0.4 is 0 Å². The van der Waals surface area contributed by atoms with Gasteiger partial charge in [-0.1, -0.05) is 20.3 Å². The summed E-state index contributed by atoms with van der Waals surface area (Å²) in [5.41, 5.74) is 0.268. The fourth-order valence-electron chi connectivity index (χ4n) is 5.93. The van der Waals surface area contributed by atoms with Crippen LogP contribution in [0.3, 0.4) is 0 Å². The first-order valence-corrected chi connectivity index (χ1v) is 12.5. The Bertz CT molecular complexity index is 663. The monoisotopic (exact) mass is 426 g/mol. The second kappa shape index (κ2) is 11.7. The molecule has 3 saturated heterocycles. The lowest BCUT2D eigenvalue weighted by Crippen LogP contribution is -2.40. The van der Waals surface area contributed by atoms with E-state index in [-0.39, 0.29) is 5.70 Å². The van der Waals surface area contributed by atoms with Crippen LogP contribution >= 0.6 is 0 Å². The van der Waals surface area contributed by atoms with Crippen molar-refractivity contribution in [3.8, 4) is 6.07 Å². The SMILES string of the molecule is [C-]#[N+]/C(C#N)=C1\N(CCCN2CC(C)CC(C)C2)CCN1CCCN1CCCCC1C. The van der Waals surface area contributed by atoms with Crippen LogP contribution in [0.2, 0.25) is 0 Å². The van der Waals surface area contributed by atoms with E-state index in [1.165, 1.54) is 45.3 Å². The molecule has 0 spiro atoms. The third-order valence-corrected chi connectivity index (χ3v) is 7.33. The average molecular weight is 427 g/mol. The first-order chi connectivity index (χ1) is 15.0. The van der Waals surface area contributed by atoms with Gasteiger partial charge in [0.25, 0.3) is 0 Å². The summed E-state index contributed by atoms with van der Waals surface area (Å²) in [6.45, 7) is 24.2. The molecule has 6 nitrogen and oxygen atoms in total. The van der Waals surface area contributed by atoms with Gasteiger partial charge in [-0.15, -0.1) is 0 Å². The van der Waals surface area contributed by atoms with E-state index in [1.807, 2.05) is 0 Å². The molecule has 3 aliphatic heterocycles. The number of piperidine rings is 2. The maximum absolute atomic E-state index is 9.58. The normalized spacial score (nSPS) is 29.6. The molecule has 6 heteroatoms. The summed E-state index contributed by atoms with van der Waals surface area (Å²) in [6, 6.07) is 2.86. The van der Waals surface area contributed by atoms with Crippen molar-refractivity contribution >= 4 is 0 Å². The van der Waals surface area contributed by atoms with Gasteiger partial charge < -0.3 is 19.6 Å². The molecule has 3 unspecified atom stereocenters. The summed E-state index contributed by atoms with van der Waals surface area (Å²) >= 11 is 0. The Morgan fingerprint density at radius 3 is 2.19 bits per heavy atom. The summed E-state index contributed by atoms with van der Waals surface area (Å²) in [6.07, 6.45) is 7.53. The molecule has 0 bridgehead atoms. The second-order valence-electron chi connectivity index (χ2n) is 10.2. The Morgan fingerprint density at radius 1 is 0.968 bits per heavy atom. The topological polar surface area (TPSA) is 41.1 Å². The molecular weight excluding hydrogens is 384 g/mol. The molecule has 3 aliphatic rings. The zero-order chi connectivity index (χ0) is 22.2. The Labute approximate surface area is 190 Å². The van der Waals surface area contributed by atoms with Crippen LogP contribution in [0, 0.1) is 29.7 Å². The van der Waals surface area contributed by atoms with E-state index >= 15 is 0 Å². The fourth-order valence-corrected chi connectivity index (χ4v) is 5.93. The lowest BCUT2D eigenvalue weighted by molar-refractivity contribution is 0.135. The minimum atomic E-state index is 0.268. The van der Waals surface area contributed by atoms with Crippen LogP contribution in [0.15, 0.2) is 11.5 Å². The van der Waals surface area contributed by atoms with Crippen molar-refractivity contribution in [2.75, 3.05) is 58.9 Å². The number of allylic oxidation sites excluding steroid dienone is 1. The van der Waals surface area contributed by atoms with E-state index in [1.54, 1.807) is 0 Å². The number of hydrogen-bond acceptors (Lipinski definition) is 5. The molecule has 0 aromatic carbocycles. The lowest BCUT2D eigenvalue weighted by atomic mass is 9.92. The maximum Gasteiger partial charge on any atom is 0.300 e. The number of nitrogens with zero attached hydrogens (tertiary/aromatic N) is 6. The highest BCUT2D eigenvalue weighted by Gasteiger charge is 2.29. The first kappa shape index (κ1) is 23.9. The van der Waals surface area contributed by atoms with Crippen molar-refractivity contribution in [2.24, 2.45) is 11.8 Å². The molecule has 0 aromatic heterocycles. The molecule has 0 saturated carbocycles. The van der Waals surface area contributed by atoms with E-state index < -0.39 is 0 Å². The van der Waals surface area contributed by atoms with E-state index in [4.69, 9.17) is 6.57 Å². The van der Waals surface area contributed by atoms with E-state index in [0.717, 1.165) is 69.8 Å². The maximum atomic E-state index is 9.58. The highest BCUT2D eigenvalue weighted by atomic mass is 15.4. The van der Waals surface area contributed by atoms with E-state index in [0.29, 0.717) is 6.04 Å². The van der Waals surface area contributed by atoms with Crippen molar-refractivity contribution in [1.82, 2.24) is 19.6 Å². The van der Waals surface area contributed by atoms with Gasteiger partial charge in [0.15, 0.2) is 0 Å². The lowest BCUT2D eigenvalue weighted by Gasteiger charge is -2.35. The van der Waals surface area contributed by atoms with Gasteiger partial charge in [0, 0.05) is 51.9 Å². The van der Waals surface area contributed by atoms with E-state index in [2.05, 4.69) is 51.3 Å². The standard InChI is InChI=1S/C25H42N6/c1-21-17-22(2)20-28(19-21)10-7-13-30-15-16-31(25(30)24(18-26)27-4)14-8-12-29-11-6-5-9-23(29)3/h21-23H,5-17,19-20H2,1-3H3/b25-24+. The number of nitriles is 1. The van der Waals surface area contributed by atoms with Crippen LogP contribution in [0.25, 0.3) is 4.85 Å². The van der Waals surface area contributed by atoms with Crippen LogP contribution in [0.5, 0.6) is 0 Å². The van der Waals surface area contributed by atoms with Crippen molar-refractivity contribution in [3.05, 3.63) is 22.9 Å². The van der Waals surface area contributed by atoms with Crippen molar-refractivity contribution in [2.45, 2.75) is 65.3 Å². The Kier molecular flexibility index (Phi) is 9.05. The van der Waals surface area contributed by atoms with Crippen LogP contribution in [-0.2, 0) is 0 Å². The molecule has 0 N–H and O–H groups in total. The molecule has 3 atom stereocenters. The summed E-state index contributed by atoms with van der Waals surface area (Å²) in [7, 11) is 0. The third kappa shape index (κ3) is 6.61. The summed E-state index contributed by atoms with van der Waals surface area (Å²) in [5, 5.41) is 9.58. The zero-order valence-corrected chi connectivity index (χ0v) is 20.0. The highest BCUT2D eigenvalue weighted by Crippen LogP contribution is 2.25. The quantitative estimate of drug-likeness (QED) is 0.436. The predicted molar refractivity (Wildman–Crippen MR) is 126 cm³/mol. The summed E-state index contributed by atoms with van der Waals surface area (Å²) in [4.78, 5) is 13.4. The summed E-state index contributed by atoms with van der Waals surface area (Å²) < 4.78 is 0. The molecule has 3 rings (SSSR count). The van der Waals surface area contributed by atoms with E-state index in [9.17, 15) is 5.26 Å². The molecule has 0 aliphatic carbocycles. The van der Waals surface area contributed by atoms with Crippen molar-refractivity contribution in [3.63, 3.8) is 0 Å². The number of hydrogen-bond donors (Lipinski definition) is 0. The highest BCUT2D eigenvalue weighted by molar-refractivity contribution is 5.33. The van der Waals surface area contributed by atoms with Gasteiger partial charge in [0.2, 0.25) is 0 Å². The Balaban J connectivity index is 1.52. The molecule has 0 aromatic rings. The molecule has 3 fully saturated rings. The van der Waals surface area contributed by atoms with Crippen LogP contribution in [0.1, 0.15) is 59.3 Å². The first-order valence-electron chi connectivity index (χ1n) is 12.5. The molecule has 172 valence electrons. The largest absolute Gasteiger partial charge is 0.365 e. The van der Waals surface area contributed by atoms with Gasteiger partial charge in [-0.2, -0.15) is 0 Å². The van der Waals surface area contributed by atoms with Gasteiger partial charge in [0.05, 0.1) is 12.6 Å². The average Bonchev–Trinajstić information content (AvgIpc) is 3.12. The minimum absolute atomic E-state index is 0.268.